The van der Waals surface area contributed by atoms with Crippen molar-refractivity contribution in [1.29, 1.82) is 0 Å². The molecular formula is C12H19FO2Si. The van der Waals surface area contributed by atoms with E-state index in [1.54, 1.807) is 26.4 Å². The third-order valence-corrected chi connectivity index (χ3v) is 5.84. The van der Waals surface area contributed by atoms with Gasteiger partial charge < -0.3 is 8.85 Å². The van der Waals surface area contributed by atoms with Gasteiger partial charge in [-0.05, 0) is 43.1 Å². The minimum Gasteiger partial charge on any atom is -0.398 e. The summed E-state index contributed by atoms with van der Waals surface area (Å²) >= 11 is 0. The van der Waals surface area contributed by atoms with Gasteiger partial charge in [0, 0.05) is 14.2 Å². The van der Waals surface area contributed by atoms with Crippen LogP contribution in [0.5, 0.6) is 0 Å². The molecule has 90 valence electrons. The zero-order chi connectivity index (χ0) is 12.0. The smallest absolute Gasteiger partial charge is 0.334 e. The van der Waals surface area contributed by atoms with Crippen molar-refractivity contribution in [1.82, 2.24) is 0 Å². The fraction of sp³-hybridized carbons (Fsp3) is 0.500. The average Bonchev–Trinajstić information content (AvgIpc) is 2.29. The van der Waals surface area contributed by atoms with Gasteiger partial charge in [0.05, 0.1) is 0 Å². The van der Waals surface area contributed by atoms with Crippen LogP contribution in [0, 0.1) is 5.82 Å². The summed E-state index contributed by atoms with van der Waals surface area (Å²) in [5, 5.41) is 0. The molecule has 0 aromatic heterocycles. The van der Waals surface area contributed by atoms with Crippen LogP contribution in [0.25, 0.3) is 0 Å². The van der Waals surface area contributed by atoms with Crippen LogP contribution < -0.4 is 0 Å². The summed E-state index contributed by atoms with van der Waals surface area (Å²) in [5.74, 6) is -0.170. The third-order valence-electron chi connectivity index (χ3n) is 2.85. The predicted octanol–water partition coefficient (Wildman–Crippen LogP) is 3.12. The van der Waals surface area contributed by atoms with Crippen LogP contribution in [0.4, 0.5) is 4.39 Å². The minimum absolute atomic E-state index is 0.170. The first-order chi connectivity index (χ1) is 7.59. The molecule has 0 spiro atoms. The van der Waals surface area contributed by atoms with E-state index in [1.807, 2.05) is 12.6 Å². The minimum atomic E-state index is -1.96. The number of halogens is 1. The molecule has 0 saturated carbocycles. The standard InChI is InChI=1S/C12H19FO2Si/c1-14-16(3,15-2)9-5-7-11-6-4-8-12(13)10-11/h4,6,8,10H,5,7,9H2,1-3H3. The molecule has 0 amide bonds. The number of hydrogen-bond acceptors (Lipinski definition) is 2. The highest BCUT2D eigenvalue weighted by molar-refractivity contribution is 6.65. The Balaban J connectivity index is 2.41. The zero-order valence-electron chi connectivity index (χ0n) is 10.1. The van der Waals surface area contributed by atoms with Crippen molar-refractivity contribution in [2.24, 2.45) is 0 Å². The van der Waals surface area contributed by atoms with E-state index in [1.165, 1.54) is 6.07 Å². The number of benzene rings is 1. The molecular weight excluding hydrogens is 223 g/mol. The van der Waals surface area contributed by atoms with E-state index in [0.717, 1.165) is 24.4 Å². The molecule has 0 N–H and O–H groups in total. The largest absolute Gasteiger partial charge is 0.398 e. The Labute approximate surface area is 97.6 Å². The second kappa shape index (κ2) is 6.13. The molecule has 4 heteroatoms. The summed E-state index contributed by atoms with van der Waals surface area (Å²) in [7, 11) is 1.43. The molecule has 0 atom stereocenters. The zero-order valence-corrected chi connectivity index (χ0v) is 11.1. The van der Waals surface area contributed by atoms with Crippen LogP contribution in [0.2, 0.25) is 12.6 Å². The predicted molar refractivity (Wildman–Crippen MR) is 65.2 cm³/mol. The molecule has 0 aliphatic rings. The fourth-order valence-electron chi connectivity index (χ4n) is 1.59. The average molecular weight is 242 g/mol. The molecule has 16 heavy (non-hydrogen) atoms. The lowest BCUT2D eigenvalue weighted by molar-refractivity contribution is 0.248. The quantitative estimate of drug-likeness (QED) is 0.714. The van der Waals surface area contributed by atoms with Crippen LogP contribution in [-0.2, 0) is 15.3 Å². The molecule has 0 saturated heterocycles. The molecule has 1 aromatic rings. The van der Waals surface area contributed by atoms with E-state index >= 15 is 0 Å². The van der Waals surface area contributed by atoms with Crippen LogP contribution in [0.1, 0.15) is 12.0 Å². The van der Waals surface area contributed by atoms with Gasteiger partial charge in [0.15, 0.2) is 0 Å². The molecule has 2 nitrogen and oxygen atoms in total. The maximum absolute atomic E-state index is 12.9. The van der Waals surface area contributed by atoms with E-state index < -0.39 is 8.56 Å². The Morgan fingerprint density at radius 3 is 2.50 bits per heavy atom. The lowest BCUT2D eigenvalue weighted by Crippen LogP contribution is -2.35. The highest BCUT2D eigenvalue weighted by Gasteiger charge is 2.27. The molecule has 0 fully saturated rings. The van der Waals surface area contributed by atoms with Crippen LogP contribution >= 0.6 is 0 Å². The highest BCUT2D eigenvalue weighted by Crippen LogP contribution is 2.16. The summed E-state index contributed by atoms with van der Waals surface area (Å²) in [6.07, 6.45) is 1.83. The number of rotatable bonds is 6. The van der Waals surface area contributed by atoms with Gasteiger partial charge in [-0.3, -0.25) is 0 Å². The first-order valence-electron chi connectivity index (χ1n) is 5.44. The summed E-state index contributed by atoms with van der Waals surface area (Å²) < 4.78 is 23.7. The summed E-state index contributed by atoms with van der Waals surface area (Å²) in [6.45, 7) is 2.04. The SMILES string of the molecule is CO[Si](C)(CCCc1cccc(F)c1)OC. The molecule has 1 rings (SSSR count). The van der Waals surface area contributed by atoms with Crippen molar-refractivity contribution in [2.75, 3.05) is 14.2 Å². The molecule has 0 aliphatic heterocycles. The molecule has 0 radical (unpaired) electrons. The van der Waals surface area contributed by atoms with Gasteiger partial charge in [-0.1, -0.05) is 12.1 Å². The van der Waals surface area contributed by atoms with Gasteiger partial charge in [-0.15, -0.1) is 0 Å². The summed E-state index contributed by atoms with van der Waals surface area (Å²) in [5.41, 5.74) is 1.03. The highest BCUT2D eigenvalue weighted by atomic mass is 28.4. The first kappa shape index (κ1) is 13.4. The topological polar surface area (TPSA) is 18.5 Å². The first-order valence-corrected chi connectivity index (χ1v) is 7.97. The Bertz CT molecular complexity index is 327. The van der Waals surface area contributed by atoms with E-state index in [4.69, 9.17) is 8.85 Å². The van der Waals surface area contributed by atoms with Crippen LogP contribution in [0.3, 0.4) is 0 Å². The Hall–Kier alpha value is -0.713. The Kier molecular flexibility index (Phi) is 5.11. The van der Waals surface area contributed by atoms with Gasteiger partial charge in [-0.25, -0.2) is 4.39 Å². The lowest BCUT2D eigenvalue weighted by Gasteiger charge is -2.22. The van der Waals surface area contributed by atoms with Crippen LogP contribution in [-0.4, -0.2) is 22.8 Å². The fourth-order valence-corrected chi connectivity index (χ4v) is 2.99. The second-order valence-corrected chi connectivity index (χ2v) is 7.61. The van der Waals surface area contributed by atoms with Crippen LogP contribution in [0.15, 0.2) is 24.3 Å². The van der Waals surface area contributed by atoms with Crippen molar-refractivity contribution in [3.05, 3.63) is 35.6 Å². The van der Waals surface area contributed by atoms with Gasteiger partial charge in [-0.2, -0.15) is 0 Å². The van der Waals surface area contributed by atoms with Crippen molar-refractivity contribution >= 4 is 8.56 Å². The second-order valence-electron chi connectivity index (χ2n) is 4.03. The summed E-state index contributed by atoms with van der Waals surface area (Å²) in [6, 6.07) is 7.66. The molecule has 0 heterocycles. The van der Waals surface area contributed by atoms with Crippen molar-refractivity contribution in [3.8, 4) is 0 Å². The number of hydrogen-bond donors (Lipinski definition) is 0. The Morgan fingerprint density at radius 2 is 1.94 bits per heavy atom. The maximum atomic E-state index is 12.9. The molecule has 0 unspecified atom stereocenters. The van der Waals surface area contributed by atoms with Crippen molar-refractivity contribution in [3.63, 3.8) is 0 Å². The normalized spacial score (nSPS) is 11.8. The van der Waals surface area contributed by atoms with E-state index in [2.05, 4.69) is 0 Å². The lowest BCUT2D eigenvalue weighted by atomic mass is 10.1. The maximum Gasteiger partial charge on any atom is 0.334 e. The van der Waals surface area contributed by atoms with Gasteiger partial charge in [0.25, 0.3) is 0 Å². The van der Waals surface area contributed by atoms with Gasteiger partial charge >= 0.3 is 8.56 Å². The number of aryl methyl sites for hydroxylation is 1. The van der Waals surface area contributed by atoms with E-state index in [-0.39, 0.29) is 5.82 Å². The Morgan fingerprint density at radius 1 is 1.25 bits per heavy atom. The molecule has 0 aliphatic carbocycles. The third kappa shape index (κ3) is 4.04. The van der Waals surface area contributed by atoms with Gasteiger partial charge in [0.2, 0.25) is 0 Å². The molecule has 1 aromatic carbocycles. The monoisotopic (exact) mass is 242 g/mol. The van der Waals surface area contributed by atoms with Gasteiger partial charge in [0.1, 0.15) is 5.82 Å². The van der Waals surface area contributed by atoms with Crippen molar-refractivity contribution in [2.45, 2.75) is 25.4 Å². The van der Waals surface area contributed by atoms with Crippen molar-refractivity contribution < 1.29 is 13.2 Å². The molecule has 0 bridgehead atoms. The van der Waals surface area contributed by atoms with E-state index in [0.29, 0.717) is 0 Å². The summed E-state index contributed by atoms with van der Waals surface area (Å²) in [4.78, 5) is 0. The van der Waals surface area contributed by atoms with E-state index in [9.17, 15) is 4.39 Å².